The number of hydrogen-bond donors (Lipinski definition) is 0. The molecule has 4 aromatic rings. The van der Waals surface area contributed by atoms with E-state index in [1.165, 1.54) is 16.7 Å². The highest BCUT2D eigenvalue weighted by molar-refractivity contribution is 7.98. The van der Waals surface area contributed by atoms with Crippen molar-refractivity contribution >= 4 is 23.4 Å². The second-order valence-electron chi connectivity index (χ2n) is 7.39. The predicted molar refractivity (Wildman–Crippen MR) is 129 cm³/mol. The van der Waals surface area contributed by atoms with E-state index in [0.717, 1.165) is 28.1 Å². The molecule has 0 atom stereocenters. The lowest BCUT2D eigenvalue weighted by Crippen LogP contribution is -2.07. The summed E-state index contributed by atoms with van der Waals surface area (Å²) in [4.78, 5) is 0. The summed E-state index contributed by atoms with van der Waals surface area (Å²) in [5, 5.41) is 10.4. The Balaban J connectivity index is 1.61. The van der Waals surface area contributed by atoms with Crippen LogP contribution in [0.1, 0.15) is 22.5 Å². The average Bonchev–Trinajstić information content (AvgIpc) is 3.22. The van der Waals surface area contributed by atoms with E-state index < -0.39 is 0 Å². The molecule has 0 radical (unpaired) electrons. The predicted octanol–water partition coefficient (Wildman–Crippen LogP) is 6.42. The minimum atomic E-state index is 0.282. The summed E-state index contributed by atoms with van der Waals surface area (Å²) in [6, 6.07) is 21.6. The molecule has 0 amide bonds. The molecule has 1 aromatic heterocycles. The Morgan fingerprint density at radius 3 is 2.34 bits per heavy atom. The molecule has 0 aliphatic carbocycles. The van der Waals surface area contributed by atoms with Gasteiger partial charge in [0.1, 0.15) is 18.1 Å². The van der Waals surface area contributed by atoms with Crippen LogP contribution in [0.4, 0.5) is 0 Å². The van der Waals surface area contributed by atoms with Gasteiger partial charge in [-0.1, -0.05) is 47.1 Å². The standard InChI is InChI=1S/C25H24ClN3O2S/c1-17-4-5-18(2)19(14-17)16-32-25-28-27-24(15-31-23-10-6-20(26)7-11-23)29(25)21-8-12-22(30-3)13-9-21/h4-14H,15-16H2,1-3H3. The number of methoxy groups -OCH3 is 1. The Labute approximate surface area is 197 Å². The van der Waals surface area contributed by atoms with Crippen molar-refractivity contribution in [3.63, 3.8) is 0 Å². The van der Waals surface area contributed by atoms with Crippen LogP contribution in [0, 0.1) is 13.8 Å². The molecule has 4 rings (SSSR count). The van der Waals surface area contributed by atoms with Gasteiger partial charge in [0.25, 0.3) is 0 Å². The van der Waals surface area contributed by atoms with E-state index >= 15 is 0 Å². The van der Waals surface area contributed by atoms with Crippen LogP contribution in [0.25, 0.3) is 5.69 Å². The van der Waals surface area contributed by atoms with E-state index in [1.807, 2.05) is 41.0 Å². The van der Waals surface area contributed by atoms with E-state index in [9.17, 15) is 0 Å². The second-order valence-corrected chi connectivity index (χ2v) is 8.77. The number of nitrogens with zero attached hydrogens (tertiary/aromatic N) is 3. The van der Waals surface area contributed by atoms with E-state index in [-0.39, 0.29) is 6.61 Å². The fraction of sp³-hybridized carbons (Fsp3) is 0.200. The lowest BCUT2D eigenvalue weighted by atomic mass is 10.1. The highest BCUT2D eigenvalue weighted by atomic mass is 35.5. The zero-order valence-electron chi connectivity index (χ0n) is 18.2. The van der Waals surface area contributed by atoms with Crippen LogP contribution < -0.4 is 9.47 Å². The smallest absolute Gasteiger partial charge is 0.196 e. The zero-order chi connectivity index (χ0) is 22.5. The molecule has 0 N–H and O–H groups in total. The van der Waals surface area contributed by atoms with E-state index in [2.05, 4.69) is 42.2 Å². The largest absolute Gasteiger partial charge is 0.497 e. The van der Waals surface area contributed by atoms with Crippen molar-refractivity contribution in [3.05, 3.63) is 94.3 Å². The highest BCUT2D eigenvalue weighted by Gasteiger charge is 2.16. The Bertz CT molecular complexity index is 1190. The van der Waals surface area contributed by atoms with Crippen molar-refractivity contribution < 1.29 is 9.47 Å². The molecule has 0 bridgehead atoms. The summed E-state index contributed by atoms with van der Waals surface area (Å²) in [6.07, 6.45) is 0. The SMILES string of the molecule is COc1ccc(-n2c(COc3ccc(Cl)cc3)nnc2SCc2cc(C)ccc2C)cc1. The zero-order valence-corrected chi connectivity index (χ0v) is 19.8. The first kappa shape index (κ1) is 22.2. The number of aromatic nitrogens is 3. The Morgan fingerprint density at radius 2 is 1.62 bits per heavy atom. The van der Waals surface area contributed by atoms with Gasteiger partial charge in [0.05, 0.1) is 7.11 Å². The van der Waals surface area contributed by atoms with Crippen molar-refractivity contribution in [2.45, 2.75) is 31.4 Å². The third kappa shape index (κ3) is 5.26. The molecule has 0 aliphatic rings. The normalized spacial score (nSPS) is 10.9. The van der Waals surface area contributed by atoms with Gasteiger partial charge in [-0.2, -0.15) is 0 Å². The third-order valence-electron chi connectivity index (χ3n) is 5.07. The van der Waals surface area contributed by atoms with Crippen molar-refractivity contribution in [1.82, 2.24) is 14.8 Å². The van der Waals surface area contributed by atoms with Gasteiger partial charge >= 0.3 is 0 Å². The van der Waals surface area contributed by atoms with Gasteiger partial charge in [0, 0.05) is 16.5 Å². The van der Waals surface area contributed by atoms with Gasteiger partial charge < -0.3 is 9.47 Å². The fourth-order valence-electron chi connectivity index (χ4n) is 3.25. The maximum absolute atomic E-state index is 5.97. The maximum Gasteiger partial charge on any atom is 0.196 e. The van der Waals surface area contributed by atoms with Gasteiger partial charge in [-0.3, -0.25) is 4.57 Å². The molecule has 1 heterocycles. The summed E-state index contributed by atoms with van der Waals surface area (Å²) in [6.45, 7) is 4.53. The number of halogens is 1. The third-order valence-corrected chi connectivity index (χ3v) is 6.30. The maximum atomic E-state index is 5.97. The first-order valence-electron chi connectivity index (χ1n) is 10.2. The first-order valence-corrected chi connectivity index (χ1v) is 11.6. The number of aryl methyl sites for hydroxylation is 2. The van der Waals surface area contributed by atoms with Gasteiger partial charge in [0.2, 0.25) is 0 Å². The van der Waals surface area contributed by atoms with Crippen LogP contribution >= 0.6 is 23.4 Å². The Morgan fingerprint density at radius 1 is 0.906 bits per heavy atom. The summed E-state index contributed by atoms with van der Waals surface area (Å²) in [5.74, 6) is 3.04. The Hall–Kier alpha value is -2.96. The van der Waals surface area contributed by atoms with Crippen molar-refractivity contribution in [1.29, 1.82) is 0 Å². The molecule has 0 aliphatic heterocycles. The molecule has 32 heavy (non-hydrogen) atoms. The molecule has 0 saturated carbocycles. The molecule has 3 aromatic carbocycles. The van der Waals surface area contributed by atoms with Crippen LogP contribution in [-0.2, 0) is 12.4 Å². The van der Waals surface area contributed by atoms with Crippen LogP contribution in [0.2, 0.25) is 5.02 Å². The van der Waals surface area contributed by atoms with Gasteiger partial charge in [-0.05, 0) is 73.5 Å². The molecular formula is C25H24ClN3O2S. The van der Waals surface area contributed by atoms with E-state index in [1.54, 1.807) is 31.0 Å². The number of rotatable bonds is 8. The number of hydrogen-bond acceptors (Lipinski definition) is 5. The highest BCUT2D eigenvalue weighted by Crippen LogP contribution is 2.28. The minimum absolute atomic E-state index is 0.282. The fourth-order valence-corrected chi connectivity index (χ4v) is 4.41. The quantitative estimate of drug-likeness (QED) is 0.281. The van der Waals surface area contributed by atoms with Crippen LogP contribution in [0.5, 0.6) is 11.5 Å². The molecule has 164 valence electrons. The number of benzene rings is 3. The minimum Gasteiger partial charge on any atom is -0.497 e. The summed E-state index contributed by atoms with van der Waals surface area (Å²) in [7, 11) is 1.66. The van der Waals surface area contributed by atoms with Crippen molar-refractivity contribution in [3.8, 4) is 17.2 Å². The first-order chi connectivity index (χ1) is 15.5. The lowest BCUT2D eigenvalue weighted by Gasteiger charge is -2.12. The van der Waals surface area contributed by atoms with Crippen molar-refractivity contribution in [2.24, 2.45) is 0 Å². The molecule has 0 saturated heterocycles. The number of thioether (sulfide) groups is 1. The molecule has 0 fully saturated rings. The summed E-state index contributed by atoms with van der Waals surface area (Å²) < 4.78 is 13.3. The van der Waals surface area contributed by atoms with E-state index in [0.29, 0.717) is 10.8 Å². The second kappa shape index (κ2) is 10.1. The topological polar surface area (TPSA) is 49.2 Å². The van der Waals surface area contributed by atoms with Crippen LogP contribution in [0.15, 0.2) is 71.9 Å². The van der Waals surface area contributed by atoms with Gasteiger partial charge in [-0.25, -0.2) is 0 Å². The molecule has 0 spiro atoms. The average molecular weight is 466 g/mol. The lowest BCUT2D eigenvalue weighted by molar-refractivity contribution is 0.293. The van der Waals surface area contributed by atoms with Crippen molar-refractivity contribution in [2.75, 3.05) is 7.11 Å². The molecule has 5 nitrogen and oxygen atoms in total. The monoisotopic (exact) mass is 465 g/mol. The van der Waals surface area contributed by atoms with E-state index in [4.69, 9.17) is 21.1 Å². The van der Waals surface area contributed by atoms with Crippen LogP contribution in [-0.4, -0.2) is 21.9 Å². The molecule has 0 unspecified atom stereocenters. The number of ether oxygens (including phenoxy) is 2. The summed E-state index contributed by atoms with van der Waals surface area (Å²) in [5.41, 5.74) is 4.76. The van der Waals surface area contributed by atoms with Gasteiger partial charge in [0.15, 0.2) is 11.0 Å². The van der Waals surface area contributed by atoms with Crippen LogP contribution in [0.3, 0.4) is 0 Å². The van der Waals surface area contributed by atoms with Gasteiger partial charge in [-0.15, -0.1) is 10.2 Å². The Kier molecular flexibility index (Phi) is 7.02. The molecular weight excluding hydrogens is 442 g/mol. The molecule has 7 heteroatoms. The summed E-state index contributed by atoms with van der Waals surface area (Å²) >= 11 is 7.63.